The summed E-state index contributed by atoms with van der Waals surface area (Å²) in [5, 5.41) is 0. The Morgan fingerprint density at radius 3 is 1.73 bits per heavy atom. The molecular weight excluding hydrogens is 379 g/mol. The third-order valence-electron chi connectivity index (χ3n) is 3.63. The van der Waals surface area contributed by atoms with Crippen molar-refractivity contribution in [2.75, 3.05) is 6.61 Å². The van der Waals surface area contributed by atoms with E-state index in [1.54, 1.807) is 0 Å². The smallest absolute Gasteiger partial charge is 0.460 e. The maximum atomic E-state index is 13.7. The normalized spacial score (nSPS) is 13.8. The van der Waals surface area contributed by atoms with Crippen molar-refractivity contribution in [3.05, 3.63) is 29.8 Å². The van der Waals surface area contributed by atoms with Gasteiger partial charge in [0, 0.05) is 5.56 Å². The van der Waals surface area contributed by atoms with Crippen LogP contribution in [0.25, 0.3) is 0 Å². The van der Waals surface area contributed by atoms with Crippen LogP contribution in [0.15, 0.2) is 24.3 Å². The van der Waals surface area contributed by atoms with E-state index >= 15 is 0 Å². The molecule has 10 heteroatoms. The van der Waals surface area contributed by atoms with Crippen LogP contribution in [-0.2, 0) is 5.92 Å². The molecule has 0 fully saturated rings. The molecule has 0 radical (unpaired) electrons. The van der Waals surface area contributed by atoms with Crippen LogP contribution < -0.4 is 4.74 Å². The Balaban J connectivity index is 2.92. The number of benzene rings is 1. The van der Waals surface area contributed by atoms with Crippen molar-refractivity contribution in [2.45, 2.75) is 56.6 Å². The first-order valence-electron chi connectivity index (χ1n) is 7.72. The fourth-order valence-electron chi connectivity index (χ4n) is 2.04. The summed E-state index contributed by atoms with van der Waals surface area (Å²) in [4.78, 5) is 0. The van der Waals surface area contributed by atoms with Gasteiger partial charge in [-0.2, -0.15) is 39.5 Å². The molecule has 0 saturated carbocycles. The lowest BCUT2D eigenvalue weighted by atomic mass is 9.97. The van der Waals surface area contributed by atoms with Crippen LogP contribution in [0.4, 0.5) is 39.5 Å². The third kappa shape index (κ3) is 4.37. The Hall–Kier alpha value is -1.61. The van der Waals surface area contributed by atoms with Gasteiger partial charge in [-0.25, -0.2) is 0 Å². The van der Waals surface area contributed by atoms with Crippen LogP contribution in [0.3, 0.4) is 0 Å². The van der Waals surface area contributed by atoms with Gasteiger partial charge in [-0.3, -0.25) is 0 Å². The quantitative estimate of drug-likeness (QED) is 0.339. The minimum absolute atomic E-state index is 0.00643. The summed E-state index contributed by atoms with van der Waals surface area (Å²) in [5.41, 5.74) is -1.68. The minimum atomic E-state index is -6.90. The van der Waals surface area contributed by atoms with Crippen LogP contribution in [-0.4, -0.2) is 24.6 Å². The molecule has 1 aromatic rings. The van der Waals surface area contributed by atoms with E-state index in [4.69, 9.17) is 4.74 Å². The Morgan fingerprint density at radius 2 is 1.27 bits per heavy atom. The molecule has 0 saturated heterocycles. The minimum Gasteiger partial charge on any atom is -0.494 e. The standard InChI is InChI=1S/C16H17F9O/c1-2-3-4-5-10-26-12-8-6-11(7-9-12)13(17,18)14(19,20)15(21,22)16(23,24)25/h6-9H,2-5,10H2,1H3. The summed E-state index contributed by atoms with van der Waals surface area (Å²) < 4.78 is 121. The lowest BCUT2D eigenvalue weighted by Gasteiger charge is -2.33. The molecule has 26 heavy (non-hydrogen) atoms. The first-order chi connectivity index (χ1) is 11.8. The van der Waals surface area contributed by atoms with Crippen molar-refractivity contribution in [1.29, 1.82) is 0 Å². The van der Waals surface area contributed by atoms with E-state index in [1.807, 2.05) is 6.92 Å². The molecule has 150 valence electrons. The Bertz CT molecular complexity index is 564. The number of hydrogen-bond acceptors (Lipinski definition) is 1. The highest BCUT2D eigenvalue weighted by Crippen LogP contribution is 2.56. The number of ether oxygens (including phenoxy) is 1. The van der Waals surface area contributed by atoms with Crippen LogP contribution >= 0.6 is 0 Å². The summed E-state index contributed by atoms with van der Waals surface area (Å²) in [7, 11) is 0. The summed E-state index contributed by atoms with van der Waals surface area (Å²) >= 11 is 0. The maximum Gasteiger partial charge on any atom is 0.460 e. The highest BCUT2D eigenvalue weighted by atomic mass is 19.4. The van der Waals surface area contributed by atoms with Crippen molar-refractivity contribution < 1.29 is 44.3 Å². The van der Waals surface area contributed by atoms with E-state index in [0.29, 0.717) is 18.6 Å². The SMILES string of the molecule is CCCCCCOc1ccc(C(F)(F)C(F)(F)C(F)(F)C(F)(F)F)cc1. The lowest BCUT2D eigenvalue weighted by Crippen LogP contribution is -2.59. The number of hydrogen-bond donors (Lipinski definition) is 0. The van der Waals surface area contributed by atoms with Crippen molar-refractivity contribution in [3.8, 4) is 5.75 Å². The summed E-state index contributed by atoms with van der Waals surface area (Å²) in [6.07, 6.45) is -3.40. The molecule has 0 atom stereocenters. The summed E-state index contributed by atoms with van der Waals surface area (Å²) in [6.45, 7) is 2.20. The van der Waals surface area contributed by atoms with Crippen LogP contribution in [0.5, 0.6) is 5.75 Å². The highest BCUT2D eigenvalue weighted by molar-refractivity contribution is 5.32. The second kappa shape index (κ2) is 7.96. The van der Waals surface area contributed by atoms with E-state index in [1.165, 1.54) is 0 Å². The van der Waals surface area contributed by atoms with Crippen molar-refractivity contribution in [3.63, 3.8) is 0 Å². The Labute approximate surface area is 144 Å². The molecule has 0 amide bonds. The first kappa shape index (κ1) is 22.4. The molecule has 1 rings (SSSR count). The van der Waals surface area contributed by atoms with E-state index in [9.17, 15) is 39.5 Å². The van der Waals surface area contributed by atoms with Gasteiger partial charge in [-0.15, -0.1) is 0 Å². The molecule has 0 aliphatic carbocycles. The van der Waals surface area contributed by atoms with Crippen LogP contribution in [0.2, 0.25) is 0 Å². The lowest BCUT2D eigenvalue weighted by molar-refractivity contribution is -0.399. The van der Waals surface area contributed by atoms with Gasteiger partial charge in [0.1, 0.15) is 5.75 Å². The van der Waals surface area contributed by atoms with E-state index in [0.717, 1.165) is 31.4 Å². The van der Waals surface area contributed by atoms with Gasteiger partial charge in [0.25, 0.3) is 0 Å². The second-order valence-corrected chi connectivity index (χ2v) is 5.65. The molecule has 0 N–H and O–H groups in total. The maximum absolute atomic E-state index is 13.7. The molecule has 0 aromatic heterocycles. The number of unbranched alkanes of at least 4 members (excludes halogenated alkanes) is 3. The van der Waals surface area contributed by atoms with E-state index in [2.05, 4.69) is 0 Å². The summed E-state index contributed by atoms with van der Waals surface area (Å²) in [5.74, 6) is -19.3. The van der Waals surface area contributed by atoms with Gasteiger partial charge in [-0.05, 0) is 30.7 Å². The number of rotatable bonds is 9. The third-order valence-corrected chi connectivity index (χ3v) is 3.63. The molecule has 0 unspecified atom stereocenters. The molecule has 0 spiro atoms. The molecule has 0 aliphatic rings. The van der Waals surface area contributed by atoms with E-state index in [-0.39, 0.29) is 12.4 Å². The van der Waals surface area contributed by atoms with Crippen molar-refractivity contribution in [2.24, 2.45) is 0 Å². The zero-order chi connectivity index (χ0) is 20.2. The fourth-order valence-corrected chi connectivity index (χ4v) is 2.04. The highest BCUT2D eigenvalue weighted by Gasteiger charge is 2.81. The molecule has 0 bridgehead atoms. The van der Waals surface area contributed by atoms with Gasteiger partial charge in [-0.1, -0.05) is 26.2 Å². The molecule has 1 nitrogen and oxygen atoms in total. The van der Waals surface area contributed by atoms with Crippen molar-refractivity contribution in [1.82, 2.24) is 0 Å². The van der Waals surface area contributed by atoms with Crippen LogP contribution in [0.1, 0.15) is 38.2 Å². The largest absolute Gasteiger partial charge is 0.494 e. The van der Waals surface area contributed by atoms with Gasteiger partial charge in [0.15, 0.2) is 0 Å². The monoisotopic (exact) mass is 396 g/mol. The number of halogens is 9. The Morgan fingerprint density at radius 1 is 0.731 bits per heavy atom. The van der Waals surface area contributed by atoms with Gasteiger partial charge < -0.3 is 4.74 Å². The predicted octanol–water partition coefficient (Wildman–Crippen LogP) is 6.57. The van der Waals surface area contributed by atoms with Crippen molar-refractivity contribution >= 4 is 0 Å². The molecular formula is C16H17F9O. The molecule has 1 aromatic carbocycles. The molecule has 0 heterocycles. The zero-order valence-corrected chi connectivity index (χ0v) is 13.7. The Kier molecular flexibility index (Phi) is 6.86. The van der Waals surface area contributed by atoms with Crippen LogP contribution in [0, 0.1) is 0 Å². The van der Waals surface area contributed by atoms with E-state index < -0.39 is 29.5 Å². The average Bonchev–Trinajstić information content (AvgIpc) is 2.53. The van der Waals surface area contributed by atoms with Gasteiger partial charge >= 0.3 is 23.9 Å². The molecule has 0 aliphatic heterocycles. The number of alkyl halides is 9. The predicted molar refractivity (Wildman–Crippen MR) is 75.9 cm³/mol. The first-order valence-corrected chi connectivity index (χ1v) is 7.72. The zero-order valence-electron chi connectivity index (χ0n) is 13.7. The topological polar surface area (TPSA) is 9.23 Å². The van der Waals surface area contributed by atoms with Gasteiger partial charge in [0.05, 0.1) is 6.61 Å². The van der Waals surface area contributed by atoms with Gasteiger partial charge in [0.2, 0.25) is 0 Å². The fraction of sp³-hybridized carbons (Fsp3) is 0.625. The average molecular weight is 396 g/mol. The second-order valence-electron chi connectivity index (χ2n) is 5.65. The summed E-state index contributed by atoms with van der Waals surface area (Å²) in [6, 6.07) is 2.29.